The maximum Gasteiger partial charge on any atom is 0.230 e. The van der Waals surface area contributed by atoms with E-state index in [0.29, 0.717) is 37.9 Å². The Morgan fingerprint density at radius 1 is 1.10 bits per heavy atom. The van der Waals surface area contributed by atoms with Crippen LogP contribution >= 0.6 is 11.8 Å². The Bertz CT molecular complexity index is 827. The molecule has 2 aromatic rings. The fourth-order valence-electron chi connectivity index (χ4n) is 2.78. The van der Waals surface area contributed by atoms with E-state index in [1.54, 1.807) is 7.11 Å². The van der Waals surface area contributed by atoms with Gasteiger partial charge in [0.05, 0.1) is 19.5 Å². The zero-order valence-electron chi connectivity index (χ0n) is 16.9. The third kappa shape index (κ3) is 6.22. The van der Waals surface area contributed by atoms with E-state index in [9.17, 15) is 4.79 Å². The number of thioether (sulfide) groups is 1. The van der Waals surface area contributed by atoms with Gasteiger partial charge in [0.2, 0.25) is 5.91 Å². The van der Waals surface area contributed by atoms with E-state index >= 15 is 0 Å². The molecule has 156 valence electrons. The Balaban J connectivity index is 1.47. The summed E-state index contributed by atoms with van der Waals surface area (Å²) in [6.45, 7) is 4.34. The van der Waals surface area contributed by atoms with Gasteiger partial charge in [-0.1, -0.05) is 19.4 Å². The zero-order chi connectivity index (χ0) is 20.5. The Hall–Kier alpha value is -2.54. The van der Waals surface area contributed by atoms with E-state index in [4.69, 9.17) is 18.9 Å². The highest BCUT2D eigenvalue weighted by atomic mass is 32.2. The van der Waals surface area contributed by atoms with Gasteiger partial charge in [-0.25, -0.2) is 0 Å². The molecule has 1 heterocycles. The van der Waals surface area contributed by atoms with Crippen LogP contribution in [0.5, 0.6) is 23.0 Å². The van der Waals surface area contributed by atoms with E-state index in [1.807, 2.05) is 36.4 Å². The van der Waals surface area contributed by atoms with Gasteiger partial charge in [-0.15, -0.1) is 11.8 Å². The molecule has 0 fully saturated rings. The summed E-state index contributed by atoms with van der Waals surface area (Å²) >= 11 is 1.47. The van der Waals surface area contributed by atoms with Crippen LogP contribution in [0.4, 0.5) is 0 Å². The van der Waals surface area contributed by atoms with Crippen LogP contribution in [0, 0.1) is 0 Å². The average molecular weight is 418 g/mol. The summed E-state index contributed by atoms with van der Waals surface area (Å²) in [5.74, 6) is 3.18. The Morgan fingerprint density at radius 3 is 2.72 bits per heavy atom. The first-order valence-corrected chi connectivity index (χ1v) is 10.8. The molecule has 1 aliphatic heterocycles. The fourth-order valence-corrected chi connectivity index (χ4v) is 3.54. The van der Waals surface area contributed by atoms with E-state index in [2.05, 4.69) is 12.2 Å². The predicted molar refractivity (Wildman–Crippen MR) is 113 cm³/mol. The van der Waals surface area contributed by atoms with Gasteiger partial charge in [-0.05, 0) is 42.3 Å². The molecule has 1 N–H and O–H groups in total. The van der Waals surface area contributed by atoms with Crippen molar-refractivity contribution < 1.29 is 23.7 Å². The first-order valence-electron chi connectivity index (χ1n) is 9.78. The van der Waals surface area contributed by atoms with Crippen molar-refractivity contribution >= 4 is 17.7 Å². The van der Waals surface area contributed by atoms with Gasteiger partial charge in [0.25, 0.3) is 0 Å². The minimum absolute atomic E-state index is 0.0351. The summed E-state index contributed by atoms with van der Waals surface area (Å²) in [6.07, 6.45) is 2.08. The van der Waals surface area contributed by atoms with Crippen molar-refractivity contribution in [2.75, 3.05) is 32.7 Å². The summed E-state index contributed by atoms with van der Waals surface area (Å²) in [4.78, 5) is 13.2. The van der Waals surface area contributed by atoms with Crippen LogP contribution < -0.4 is 24.3 Å². The van der Waals surface area contributed by atoms with Crippen LogP contribution in [0.3, 0.4) is 0 Å². The van der Waals surface area contributed by atoms with Gasteiger partial charge < -0.3 is 24.3 Å². The number of benzene rings is 2. The highest BCUT2D eigenvalue weighted by molar-refractivity contribution is 8.00. The van der Waals surface area contributed by atoms with Crippen LogP contribution in [-0.4, -0.2) is 38.6 Å². The highest BCUT2D eigenvalue weighted by Crippen LogP contribution is 2.34. The predicted octanol–water partition coefficient (Wildman–Crippen LogP) is 4.05. The first kappa shape index (κ1) is 21.2. The van der Waals surface area contributed by atoms with E-state index in [1.165, 1.54) is 11.8 Å². The monoisotopic (exact) mass is 417 g/mol. The molecule has 2 aromatic carbocycles. The number of hydrogen-bond acceptors (Lipinski definition) is 6. The Kier molecular flexibility index (Phi) is 7.93. The molecule has 0 spiro atoms. The number of amides is 1. The molecule has 6 nitrogen and oxygen atoms in total. The molecule has 7 heteroatoms. The van der Waals surface area contributed by atoms with Crippen molar-refractivity contribution in [1.82, 2.24) is 5.32 Å². The van der Waals surface area contributed by atoms with Crippen molar-refractivity contribution in [2.24, 2.45) is 0 Å². The second-order valence-electron chi connectivity index (χ2n) is 6.56. The molecule has 0 aromatic heterocycles. The van der Waals surface area contributed by atoms with Crippen LogP contribution in [0.15, 0.2) is 41.3 Å². The van der Waals surface area contributed by atoms with Crippen molar-refractivity contribution in [2.45, 2.75) is 31.2 Å². The van der Waals surface area contributed by atoms with Gasteiger partial charge in [-0.2, -0.15) is 0 Å². The third-order valence-electron chi connectivity index (χ3n) is 4.36. The zero-order valence-corrected chi connectivity index (χ0v) is 17.7. The summed E-state index contributed by atoms with van der Waals surface area (Å²) in [7, 11) is 1.62. The molecule has 0 saturated carbocycles. The van der Waals surface area contributed by atoms with Gasteiger partial charge in [0, 0.05) is 11.4 Å². The van der Waals surface area contributed by atoms with Gasteiger partial charge in [0.15, 0.2) is 23.0 Å². The molecule has 1 amide bonds. The number of carbonyl (C=O) groups is 1. The van der Waals surface area contributed by atoms with Crippen molar-refractivity contribution in [1.29, 1.82) is 0 Å². The Labute approximate surface area is 175 Å². The normalized spacial score (nSPS) is 12.3. The summed E-state index contributed by atoms with van der Waals surface area (Å²) in [6, 6.07) is 11.5. The first-order chi connectivity index (χ1) is 14.2. The molecule has 0 atom stereocenters. The number of nitrogens with one attached hydrogen (secondary N) is 1. The standard InChI is InChI=1S/C22H27NO5S/c1-3-4-9-26-18-7-5-16(12-20(18)25-2)14-23-22(24)15-29-17-6-8-19-21(13-17)28-11-10-27-19/h5-8,12-13H,3-4,9-11,14-15H2,1-2H3,(H,23,24). The van der Waals surface area contributed by atoms with Crippen LogP contribution in [-0.2, 0) is 11.3 Å². The third-order valence-corrected chi connectivity index (χ3v) is 5.35. The van der Waals surface area contributed by atoms with E-state index < -0.39 is 0 Å². The topological polar surface area (TPSA) is 66.0 Å². The largest absolute Gasteiger partial charge is 0.493 e. The summed E-state index contributed by atoms with van der Waals surface area (Å²) in [5, 5.41) is 2.94. The average Bonchev–Trinajstić information content (AvgIpc) is 2.76. The van der Waals surface area contributed by atoms with Crippen molar-refractivity contribution in [3.63, 3.8) is 0 Å². The molecule has 0 saturated heterocycles. The highest BCUT2D eigenvalue weighted by Gasteiger charge is 2.13. The number of hydrogen-bond donors (Lipinski definition) is 1. The quantitative estimate of drug-likeness (QED) is 0.465. The summed E-state index contributed by atoms with van der Waals surface area (Å²) < 4.78 is 22.2. The smallest absolute Gasteiger partial charge is 0.230 e. The lowest BCUT2D eigenvalue weighted by molar-refractivity contribution is -0.118. The minimum atomic E-state index is -0.0351. The van der Waals surface area contributed by atoms with Crippen LogP contribution in [0.25, 0.3) is 0 Å². The number of ether oxygens (including phenoxy) is 4. The lowest BCUT2D eigenvalue weighted by Crippen LogP contribution is -2.24. The fraction of sp³-hybridized carbons (Fsp3) is 0.409. The lowest BCUT2D eigenvalue weighted by Gasteiger charge is -2.18. The van der Waals surface area contributed by atoms with Gasteiger partial charge in [0.1, 0.15) is 13.2 Å². The van der Waals surface area contributed by atoms with Crippen molar-refractivity contribution in [3.8, 4) is 23.0 Å². The molecular formula is C22H27NO5S. The SMILES string of the molecule is CCCCOc1ccc(CNC(=O)CSc2ccc3c(c2)OCCO3)cc1OC. The minimum Gasteiger partial charge on any atom is -0.493 e. The maximum atomic E-state index is 12.2. The number of methoxy groups -OCH3 is 1. The molecular weight excluding hydrogens is 390 g/mol. The van der Waals surface area contributed by atoms with Crippen molar-refractivity contribution in [3.05, 3.63) is 42.0 Å². The second-order valence-corrected chi connectivity index (χ2v) is 7.61. The van der Waals surface area contributed by atoms with E-state index in [-0.39, 0.29) is 5.91 Å². The molecule has 0 radical (unpaired) electrons. The molecule has 0 unspecified atom stereocenters. The molecule has 1 aliphatic rings. The summed E-state index contributed by atoms with van der Waals surface area (Å²) in [5.41, 5.74) is 0.961. The van der Waals surface area contributed by atoms with Crippen LogP contribution in [0.1, 0.15) is 25.3 Å². The van der Waals surface area contributed by atoms with Crippen LogP contribution in [0.2, 0.25) is 0 Å². The number of fused-ring (bicyclic) bond motifs is 1. The lowest BCUT2D eigenvalue weighted by atomic mass is 10.2. The number of unbranched alkanes of at least 4 members (excludes halogenated alkanes) is 1. The van der Waals surface area contributed by atoms with E-state index in [0.717, 1.165) is 40.5 Å². The molecule has 29 heavy (non-hydrogen) atoms. The van der Waals surface area contributed by atoms with Gasteiger partial charge >= 0.3 is 0 Å². The number of rotatable bonds is 10. The second kappa shape index (κ2) is 10.9. The maximum absolute atomic E-state index is 12.2. The van der Waals surface area contributed by atoms with Gasteiger partial charge in [-0.3, -0.25) is 4.79 Å². The molecule has 3 rings (SSSR count). The Morgan fingerprint density at radius 2 is 1.93 bits per heavy atom. The molecule has 0 aliphatic carbocycles. The molecule has 0 bridgehead atoms. The number of carbonyl (C=O) groups excluding carboxylic acids is 1.